The second-order valence-corrected chi connectivity index (χ2v) is 7.35. The number of halogens is 3. The molecule has 3 nitrogen and oxygen atoms in total. The lowest BCUT2D eigenvalue weighted by molar-refractivity contribution is 0.567. The van der Waals surface area contributed by atoms with E-state index in [1.165, 1.54) is 12.1 Å². The molecule has 0 radical (unpaired) electrons. The van der Waals surface area contributed by atoms with Crippen LogP contribution in [0.2, 0.25) is 15.1 Å². The topological polar surface area (TPSA) is 46.2 Å². The maximum atomic E-state index is 12.4. The molecule has 7 heteroatoms. The molecule has 0 aromatic heterocycles. The van der Waals surface area contributed by atoms with Gasteiger partial charge in [0.25, 0.3) is 0 Å². The van der Waals surface area contributed by atoms with Crippen LogP contribution in [-0.2, 0) is 10.0 Å². The van der Waals surface area contributed by atoms with Crippen LogP contribution in [0.1, 0.15) is 18.5 Å². The smallest absolute Gasteiger partial charge is 0.207 e. The molecule has 2 aromatic rings. The molecule has 0 aliphatic carbocycles. The van der Waals surface area contributed by atoms with Crippen LogP contribution in [-0.4, -0.2) is 8.42 Å². The van der Waals surface area contributed by atoms with Crippen LogP contribution in [0.5, 0.6) is 0 Å². The van der Waals surface area contributed by atoms with Gasteiger partial charge in [-0.1, -0.05) is 53.0 Å². The van der Waals surface area contributed by atoms with Crippen LogP contribution in [0.15, 0.2) is 47.4 Å². The van der Waals surface area contributed by atoms with Gasteiger partial charge in [-0.15, -0.1) is 0 Å². The zero-order valence-electron chi connectivity index (χ0n) is 11.0. The van der Waals surface area contributed by atoms with Crippen molar-refractivity contribution in [1.29, 1.82) is 0 Å². The van der Waals surface area contributed by atoms with Crippen LogP contribution in [0.3, 0.4) is 0 Å². The third kappa shape index (κ3) is 3.90. The second kappa shape index (κ2) is 6.55. The van der Waals surface area contributed by atoms with Crippen molar-refractivity contribution in [2.24, 2.45) is 0 Å². The fourth-order valence-electron chi connectivity index (χ4n) is 1.87. The summed E-state index contributed by atoms with van der Waals surface area (Å²) in [6, 6.07) is 11.0. The SMILES string of the molecule is C[C@H](NS(=O)(=O)c1c(Cl)cccc1Cl)c1cccc(Cl)c1. The quantitative estimate of drug-likeness (QED) is 0.855. The van der Waals surface area contributed by atoms with E-state index >= 15 is 0 Å². The van der Waals surface area contributed by atoms with E-state index in [1.807, 2.05) is 0 Å². The standard InChI is InChI=1S/C14H12Cl3NO2S/c1-9(10-4-2-5-11(15)8-10)18-21(19,20)14-12(16)6-3-7-13(14)17/h2-9,18H,1H3/t9-/m0/s1. The van der Waals surface area contributed by atoms with Crippen molar-refractivity contribution >= 4 is 44.8 Å². The zero-order valence-corrected chi connectivity index (χ0v) is 14.1. The Morgan fingerprint density at radius 3 is 2.14 bits per heavy atom. The molecule has 2 rings (SSSR count). The summed E-state index contributed by atoms with van der Waals surface area (Å²) in [5.74, 6) is 0. The first kappa shape index (κ1) is 16.6. The summed E-state index contributed by atoms with van der Waals surface area (Å²) < 4.78 is 27.4. The lowest BCUT2D eigenvalue weighted by atomic mass is 10.1. The van der Waals surface area contributed by atoms with Gasteiger partial charge in [0.05, 0.1) is 10.0 Å². The Balaban J connectivity index is 2.34. The zero-order chi connectivity index (χ0) is 15.6. The fourth-order valence-corrected chi connectivity index (χ4v) is 4.45. The highest BCUT2D eigenvalue weighted by Gasteiger charge is 2.24. The first-order valence-electron chi connectivity index (χ1n) is 6.03. The molecule has 112 valence electrons. The summed E-state index contributed by atoms with van der Waals surface area (Å²) in [5, 5.41) is 0.691. The Bertz CT molecular complexity index is 742. The Labute approximate surface area is 138 Å². The van der Waals surface area contributed by atoms with Gasteiger partial charge >= 0.3 is 0 Å². The van der Waals surface area contributed by atoms with Crippen LogP contribution >= 0.6 is 34.8 Å². The number of hydrogen-bond donors (Lipinski definition) is 1. The first-order chi connectivity index (χ1) is 9.81. The third-order valence-electron chi connectivity index (χ3n) is 2.87. The Hall–Kier alpha value is -0.780. The number of rotatable bonds is 4. The van der Waals surface area contributed by atoms with Crippen molar-refractivity contribution in [2.75, 3.05) is 0 Å². The molecule has 0 amide bonds. The molecule has 0 saturated carbocycles. The molecule has 0 aliphatic heterocycles. The van der Waals surface area contributed by atoms with Crippen LogP contribution < -0.4 is 4.72 Å². The van der Waals surface area contributed by atoms with E-state index in [0.29, 0.717) is 5.02 Å². The Morgan fingerprint density at radius 2 is 1.57 bits per heavy atom. The van der Waals surface area contributed by atoms with Gasteiger partial charge < -0.3 is 0 Å². The maximum Gasteiger partial charge on any atom is 0.244 e. The van der Waals surface area contributed by atoms with E-state index < -0.39 is 16.1 Å². The van der Waals surface area contributed by atoms with Gasteiger partial charge in [-0.2, -0.15) is 0 Å². The monoisotopic (exact) mass is 363 g/mol. The maximum absolute atomic E-state index is 12.4. The van der Waals surface area contributed by atoms with E-state index in [1.54, 1.807) is 37.3 Å². The van der Waals surface area contributed by atoms with Crippen LogP contribution in [0.25, 0.3) is 0 Å². The minimum absolute atomic E-state index is 0.0771. The van der Waals surface area contributed by atoms with Crippen molar-refractivity contribution in [3.63, 3.8) is 0 Å². The summed E-state index contributed by atoms with van der Waals surface area (Å²) in [6.45, 7) is 1.72. The molecule has 21 heavy (non-hydrogen) atoms. The largest absolute Gasteiger partial charge is 0.244 e. The summed E-state index contributed by atoms with van der Waals surface area (Å²) in [7, 11) is -3.84. The van der Waals surface area contributed by atoms with Gasteiger partial charge in [0.15, 0.2) is 0 Å². The van der Waals surface area contributed by atoms with Gasteiger partial charge in [0.1, 0.15) is 4.90 Å². The number of benzene rings is 2. The second-order valence-electron chi connectivity index (χ2n) is 4.45. The molecule has 0 aliphatic rings. The molecule has 0 unspecified atom stereocenters. The average molecular weight is 365 g/mol. The average Bonchev–Trinajstić information content (AvgIpc) is 2.37. The van der Waals surface area contributed by atoms with Crippen molar-refractivity contribution in [1.82, 2.24) is 4.72 Å². The number of hydrogen-bond acceptors (Lipinski definition) is 2. The molecule has 0 fully saturated rings. The minimum atomic E-state index is -3.84. The first-order valence-corrected chi connectivity index (χ1v) is 8.65. The molecule has 0 heterocycles. The van der Waals surface area contributed by atoms with Gasteiger partial charge in [-0.3, -0.25) is 0 Å². The molecule has 1 atom stereocenters. The molecule has 0 bridgehead atoms. The minimum Gasteiger partial charge on any atom is -0.207 e. The Kier molecular flexibility index (Phi) is 5.17. The summed E-state index contributed by atoms with van der Waals surface area (Å²) >= 11 is 17.8. The van der Waals surface area contributed by atoms with E-state index in [-0.39, 0.29) is 14.9 Å². The normalized spacial score (nSPS) is 13.1. The summed E-state index contributed by atoms with van der Waals surface area (Å²) in [6.07, 6.45) is 0. The predicted molar refractivity (Wildman–Crippen MR) is 86.7 cm³/mol. The van der Waals surface area contributed by atoms with Gasteiger partial charge in [-0.25, -0.2) is 13.1 Å². The van der Waals surface area contributed by atoms with E-state index in [4.69, 9.17) is 34.8 Å². The molecular weight excluding hydrogens is 353 g/mol. The van der Waals surface area contributed by atoms with E-state index in [9.17, 15) is 8.42 Å². The van der Waals surface area contributed by atoms with Crippen molar-refractivity contribution in [3.8, 4) is 0 Å². The molecule has 0 spiro atoms. The summed E-state index contributed by atoms with van der Waals surface area (Å²) in [5.41, 5.74) is 0.745. The molecular formula is C14H12Cl3NO2S. The predicted octanol–water partition coefficient (Wildman–Crippen LogP) is 4.69. The van der Waals surface area contributed by atoms with Crippen molar-refractivity contribution in [3.05, 3.63) is 63.1 Å². The van der Waals surface area contributed by atoms with Crippen molar-refractivity contribution < 1.29 is 8.42 Å². The van der Waals surface area contributed by atoms with Gasteiger partial charge in [0.2, 0.25) is 10.0 Å². The highest BCUT2D eigenvalue weighted by Crippen LogP contribution is 2.30. The number of nitrogens with one attached hydrogen (secondary N) is 1. The van der Waals surface area contributed by atoms with Gasteiger partial charge in [0, 0.05) is 11.1 Å². The van der Waals surface area contributed by atoms with E-state index in [2.05, 4.69) is 4.72 Å². The number of sulfonamides is 1. The summed E-state index contributed by atoms with van der Waals surface area (Å²) in [4.78, 5) is -0.123. The third-order valence-corrected chi connectivity index (χ3v) is 5.60. The van der Waals surface area contributed by atoms with Gasteiger partial charge in [-0.05, 0) is 36.8 Å². The highest BCUT2D eigenvalue weighted by molar-refractivity contribution is 7.89. The lowest BCUT2D eigenvalue weighted by Crippen LogP contribution is -2.27. The molecule has 1 N–H and O–H groups in total. The van der Waals surface area contributed by atoms with Crippen LogP contribution in [0, 0.1) is 0 Å². The lowest BCUT2D eigenvalue weighted by Gasteiger charge is -2.16. The Morgan fingerprint density at radius 1 is 1.00 bits per heavy atom. The van der Waals surface area contributed by atoms with Crippen LogP contribution in [0.4, 0.5) is 0 Å². The van der Waals surface area contributed by atoms with Crippen molar-refractivity contribution in [2.45, 2.75) is 17.9 Å². The highest BCUT2D eigenvalue weighted by atomic mass is 35.5. The molecule has 2 aromatic carbocycles. The fraction of sp³-hybridized carbons (Fsp3) is 0.143. The molecule has 0 saturated heterocycles. The van der Waals surface area contributed by atoms with E-state index in [0.717, 1.165) is 5.56 Å².